The van der Waals surface area contributed by atoms with Crippen molar-refractivity contribution in [3.05, 3.63) is 78.4 Å². The molecule has 7 nitrogen and oxygen atoms in total. The maximum Gasteiger partial charge on any atom is 0.265 e. The molecule has 7 heteroatoms. The topological polar surface area (TPSA) is 86.5 Å². The Morgan fingerprint density at radius 3 is 2.28 bits per heavy atom. The summed E-state index contributed by atoms with van der Waals surface area (Å²) >= 11 is 0. The Morgan fingerprint density at radius 1 is 0.938 bits per heavy atom. The third kappa shape index (κ3) is 4.78. The summed E-state index contributed by atoms with van der Waals surface area (Å²) in [6, 6.07) is 22.3. The lowest BCUT2D eigenvalue weighted by Gasteiger charge is -2.16. The number of carbonyl (C=O) groups excluding carboxylic acids is 1. The second-order valence-electron chi connectivity index (χ2n) is 7.27. The van der Waals surface area contributed by atoms with Crippen LogP contribution in [0.3, 0.4) is 0 Å². The number of aromatic nitrogens is 2. The fraction of sp³-hybridized carbons (Fsp3) is 0.160. The van der Waals surface area contributed by atoms with Gasteiger partial charge in [0.1, 0.15) is 0 Å². The van der Waals surface area contributed by atoms with Gasteiger partial charge in [0.2, 0.25) is 5.82 Å². The summed E-state index contributed by atoms with van der Waals surface area (Å²) in [6.07, 6.45) is -0.709. The van der Waals surface area contributed by atoms with Crippen molar-refractivity contribution < 1.29 is 18.8 Å². The van der Waals surface area contributed by atoms with Crippen molar-refractivity contribution in [2.45, 2.75) is 20.0 Å². The van der Waals surface area contributed by atoms with E-state index < -0.39 is 6.10 Å². The minimum atomic E-state index is -0.709. The van der Waals surface area contributed by atoms with E-state index in [1.54, 1.807) is 38.3 Å². The number of nitrogens with zero attached hydrogens (tertiary/aromatic N) is 2. The van der Waals surface area contributed by atoms with Crippen molar-refractivity contribution in [1.82, 2.24) is 10.1 Å². The average Bonchev–Trinajstić information content (AvgIpc) is 3.30. The first kappa shape index (κ1) is 21.1. The Bertz CT molecular complexity index is 1200. The van der Waals surface area contributed by atoms with Gasteiger partial charge in [-0.2, -0.15) is 4.98 Å². The van der Waals surface area contributed by atoms with Crippen LogP contribution in [0.15, 0.2) is 77.3 Å². The summed E-state index contributed by atoms with van der Waals surface area (Å²) in [6.45, 7) is 3.71. The van der Waals surface area contributed by atoms with Crippen LogP contribution in [0, 0.1) is 6.92 Å². The molecule has 1 heterocycles. The van der Waals surface area contributed by atoms with E-state index in [-0.39, 0.29) is 5.91 Å². The predicted molar refractivity (Wildman–Crippen MR) is 122 cm³/mol. The van der Waals surface area contributed by atoms with Gasteiger partial charge in [0.15, 0.2) is 17.6 Å². The normalized spacial score (nSPS) is 11.6. The van der Waals surface area contributed by atoms with Gasteiger partial charge in [-0.1, -0.05) is 47.1 Å². The number of ether oxygens (including phenoxy) is 2. The molecule has 4 aromatic rings. The number of anilines is 1. The molecular weight excluding hydrogens is 406 g/mol. The number of aryl methyl sites for hydroxylation is 1. The highest BCUT2D eigenvalue weighted by molar-refractivity contribution is 5.94. The van der Waals surface area contributed by atoms with E-state index in [9.17, 15) is 4.79 Å². The molecule has 0 saturated heterocycles. The van der Waals surface area contributed by atoms with Gasteiger partial charge in [-0.15, -0.1) is 0 Å². The number of para-hydroxylation sites is 2. The Balaban J connectivity index is 1.40. The number of methoxy groups -OCH3 is 1. The summed E-state index contributed by atoms with van der Waals surface area (Å²) in [5.74, 6) is 1.74. The molecule has 0 bridgehead atoms. The lowest BCUT2D eigenvalue weighted by atomic mass is 10.1. The van der Waals surface area contributed by atoms with Gasteiger partial charge in [-0.05, 0) is 50.2 Å². The number of rotatable bonds is 7. The Hall–Kier alpha value is -4.13. The second-order valence-corrected chi connectivity index (χ2v) is 7.27. The summed E-state index contributed by atoms with van der Waals surface area (Å²) in [5, 5.41) is 6.90. The SMILES string of the molecule is COc1ccccc1OC(C)C(=O)Nc1ccc(-c2nc(-c3ccc(C)cc3)no2)cc1. The molecule has 4 rings (SSSR count). The van der Waals surface area contributed by atoms with E-state index in [0.29, 0.717) is 28.9 Å². The first-order chi connectivity index (χ1) is 15.5. The molecule has 1 aromatic heterocycles. The van der Waals surface area contributed by atoms with Crippen LogP contribution in [0.2, 0.25) is 0 Å². The number of hydrogen-bond acceptors (Lipinski definition) is 6. The van der Waals surface area contributed by atoms with Crippen LogP contribution >= 0.6 is 0 Å². The molecule has 0 saturated carbocycles. The lowest BCUT2D eigenvalue weighted by Crippen LogP contribution is -2.30. The van der Waals surface area contributed by atoms with Gasteiger partial charge in [0, 0.05) is 16.8 Å². The highest BCUT2D eigenvalue weighted by Gasteiger charge is 2.17. The molecule has 0 fully saturated rings. The van der Waals surface area contributed by atoms with Crippen molar-refractivity contribution in [3.63, 3.8) is 0 Å². The third-order valence-electron chi connectivity index (χ3n) is 4.88. The summed E-state index contributed by atoms with van der Waals surface area (Å²) < 4.78 is 16.4. The largest absolute Gasteiger partial charge is 0.493 e. The van der Waals surface area contributed by atoms with Crippen molar-refractivity contribution in [2.75, 3.05) is 12.4 Å². The van der Waals surface area contributed by atoms with Crippen LogP contribution in [-0.4, -0.2) is 29.3 Å². The summed E-state index contributed by atoms with van der Waals surface area (Å²) in [7, 11) is 1.56. The Labute approximate surface area is 186 Å². The van der Waals surface area contributed by atoms with Gasteiger partial charge in [-0.25, -0.2) is 0 Å². The minimum Gasteiger partial charge on any atom is -0.493 e. The van der Waals surface area contributed by atoms with E-state index in [2.05, 4.69) is 15.5 Å². The molecular formula is C25H23N3O4. The fourth-order valence-corrected chi connectivity index (χ4v) is 3.06. The smallest absolute Gasteiger partial charge is 0.265 e. The standard InChI is InChI=1S/C25H23N3O4/c1-16-8-10-18(11-9-16)23-27-25(32-28-23)19-12-14-20(15-13-19)26-24(29)17(2)31-22-7-5-4-6-21(22)30-3/h4-15,17H,1-3H3,(H,26,29). The lowest BCUT2D eigenvalue weighted by molar-refractivity contribution is -0.122. The second kappa shape index (κ2) is 9.34. The molecule has 0 spiro atoms. The van der Waals surface area contributed by atoms with E-state index in [4.69, 9.17) is 14.0 Å². The zero-order valence-corrected chi connectivity index (χ0v) is 18.0. The molecule has 162 valence electrons. The third-order valence-corrected chi connectivity index (χ3v) is 4.88. The molecule has 32 heavy (non-hydrogen) atoms. The van der Waals surface area contributed by atoms with E-state index in [0.717, 1.165) is 16.7 Å². The van der Waals surface area contributed by atoms with Crippen LogP contribution < -0.4 is 14.8 Å². The van der Waals surface area contributed by atoms with Gasteiger partial charge in [-0.3, -0.25) is 4.79 Å². The Kier molecular flexibility index (Phi) is 6.17. The first-order valence-electron chi connectivity index (χ1n) is 10.1. The quantitative estimate of drug-likeness (QED) is 0.438. The van der Waals surface area contributed by atoms with Crippen molar-refractivity contribution in [2.24, 2.45) is 0 Å². The van der Waals surface area contributed by atoms with Gasteiger partial charge >= 0.3 is 0 Å². The van der Waals surface area contributed by atoms with Crippen LogP contribution in [0.1, 0.15) is 12.5 Å². The van der Waals surface area contributed by atoms with Crippen LogP contribution in [0.25, 0.3) is 22.8 Å². The van der Waals surface area contributed by atoms with E-state index in [1.165, 1.54) is 0 Å². The molecule has 1 atom stereocenters. The fourth-order valence-electron chi connectivity index (χ4n) is 3.06. The van der Waals surface area contributed by atoms with Crippen LogP contribution in [0.5, 0.6) is 11.5 Å². The van der Waals surface area contributed by atoms with Crippen LogP contribution in [0.4, 0.5) is 5.69 Å². The predicted octanol–water partition coefficient (Wildman–Crippen LogP) is 5.13. The average molecular weight is 429 g/mol. The number of amides is 1. The van der Waals surface area contributed by atoms with Crippen molar-refractivity contribution >= 4 is 11.6 Å². The van der Waals surface area contributed by atoms with Gasteiger partial charge < -0.3 is 19.3 Å². The zero-order chi connectivity index (χ0) is 22.5. The highest BCUT2D eigenvalue weighted by atomic mass is 16.5. The monoisotopic (exact) mass is 429 g/mol. The maximum atomic E-state index is 12.5. The summed E-state index contributed by atoms with van der Waals surface area (Å²) in [5.41, 5.74) is 3.44. The van der Waals surface area contributed by atoms with Gasteiger partial charge in [0.05, 0.1) is 7.11 Å². The molecule has 1 unspecified atom stereocenters. The molecule has 0 aliphatic carbocycles. The van der Waals surface area contributed by atoms with Gasteiger partial charge in [0.25, 0.3) is 11.8 Å². The molecule has 1 amide bonds. The summed E-state index contributed by atoms with van der Waals surface area (Å²) in [4.78, 5) is 17.0. The first-order valence-corrected chi connectivity index (χ1v) is 10.1. The number of hydrogen-bond donors (Lipinski definition) is 1. The molecule has 3 aromatic carbocycles. The molecule has 0 aliphatic rings. The minimum absolute atomic E-state index is 0.275. The molecule has 1 N–H and O–H groups in total. The number of carbonyl (C=O) groups is 1. The van der Waals surface area contributed by atoms with Crippen LogP contribution in [-0.2, 0) is 4.79 Å². The van der Waals surface area contributed by atoms with E-state index >= 15 is 0 Å². The number of benzene rings is 3. The van der Waals surface area contributed by atoms with Crippen molar-refractivity contribution in [3.8, 4) is 34.3 Å². The molecule has 0 aliphatic heterocycles. The molecule has 0 radical (unpaired) electrons. The van der Waals surface area contributed by atoms with E-state index in [1.807, 2.05) is 55.5 Å². The zero-order valence-electron chi connectivity index (χ0n) is 18.0. The van der Waals surface area contributed by atoms with Crippen molar-refractivity contribution in [1.29, 1.82) is 0 Å². The Morgan fingerprint density at radius 2 is 1.59 bits per heavy atom. The highest BCUT2D eigenvalue weighted by Crippen LogP contribution is 2.27. The maximum absolute atomic E-state index is 12.5. The number of nitrogens with one attached hydrogen (secondary N) is 1.